The van der Waals surface area contributed by atoms with Crippen molar-refractivity contribution in [2.45, 2.75) is 43.4 Å². The highest BCUT2D eigenvalue weighted by atomic mass is 32.2. The zero-order valence-electron chi connectivity index (χ0n) is 22.1. The van der Waals surface area contributed by atoms with Crippen LogP contribution in [0.5, 0.6) is 0 Å². The van der Waals surface area contributed by atoms with E-state index >= 15 is 0 Å². The molecule has 0 saturated carbocycles. The van der Waals surface area contributed by atoms with Crippen LogP contribution in [-0.4, -0.2) is 81.7 Å². The molecule has 214 valence electrons. The molecule has 3 aromatic rings. The van der Waals surface area contributed by atoms with Crippen LogP contribution in [-0.2, 0) is 32.0 Å². The number of carboxylic acid groups (broad SMARTS) is 1. The maximum absolute atomic E-state index is 13.1. The van der Waals surface area contributed by atoms with Gasteiger partial charge in [-0.25, -0.2) is 4.79 Å². The number of thioether (sulfide) groups is 1. The molecule has 1 aromatic heterocycles. The van der Waals surface area contributed by atoms with E-state index in [1.165, 1.54) is 11.8 Å². The van der Waals surface area contributed by atoms with Gasteiger partial charge in [0, 0.05) is 23.5 Å². The topological polar surface area (TPSA) is 187 Å². The predicted octanol–water partition coefficient (Wildman–Crippen LogP) is 0.565. The van der Waals surface area contributed by atoms with E-state index in [2.05, 4.69) is 20.9 Å². The number of aromatic amines is 1. The van der Waals surface area contributed by atoms with Gasteiger partial charge in [-0.05, 0) is 42.0 Å². The highest BCUT2D eigenvalue weighted by Gasteiger charge is 2.30. The van der Waals surface area contributed by atoms with Gasteiger partial charge in [0.05, 0.1) is 12.6 Å². The Morgan fingerprint density at radius 1 is 0.875 bits per heavy atom. The van der Waals surface area contributed by atoms with E-state index < -0.39 is 54.5 Å². The second kappa shape index (κ2) is 15.1. The van der Waals surface area contributed by atoms with Crippen molar-refractivity contribution in [3.63, 3.8) is 0 Å². The monoisotopic (exact) mass is 569 g/mol. The predicted molar refractivity (Wildman–Crippen MR) is 154 cm³/mol. The van der Waals surface area contributed by atoms with Gasteiger partial charge in [0.25, 0.3) is 0 Å². The first-order valence-corrected chi connectivity index (χ1v) is 14.2. The van der Waals surface area contributed by atoms with Gasteiger partial charge in [-0.3, -0.25) is 14.4 Å². The fraction of sp³-hybridized carbons (Fsp3) is 0.357. The molecule has 1 heterocycles. The first-order chi connectivity index (χ1) is 19.2. The maximum atomic E-state index is 13.1. The molecule has 4 unspecified atom stereocenters. The number of carboxylic acids is 1. The van der Waals surface area contributed by atoms with Crippen LogP contribution in [0.3, 0.4) is 0 Å². The summed E-state index contributed by atoms with van der Waals surface area (Å²) < 4.78 is 0. The number of aliphatic hydroxyl groups is 1. The third-order valence-corrected chi connectivity index (χ3v) is 7.05. The Kier molecular flexibility index (Phi) is 11.5. The molecule has 0 fully saturated rings. The van der Waals surface area contributed by atoms with E-state index in [1.807, 2.05) is 60.9 Å². The van der Waals surface area contributed by atoms with Crippen molar-refractivity contribution in [1.82, 2.24) is 20.9 Å². The van der Waals surface area contributed by atoms with E-state index in [0.29, 0.717) is 11.3 Å². The van der Waals surface area contributed by atoms with Crippen molar-refractivity contribution in [2.24, 2.45) is 5.73 Å². The number of aliphatic carboxylic acids is 1. The summed E-state index contributed by atoms with van der Waals surface area (Å²) in [5.74, 6) is -2.81. The Hall–Kier alpha value is -3.87. The number of nitrogens with two attached hydrogens (primary N) is 1. The molecule has 8 N–H and O–H groups in total. The van der Waals surface area contributed by atoms with Crippen LogP contribution in [0, 0.1) is 0 Å². The Bertz CT molecular complexity index is 1300. The summed E-state index contributed by atoms with van der Waals surface area (Å²) >= 11 is 1.47. The molecule has 4 atom stereocenters. The van der Waals surface area contributed by atoms with Gasteiger partial charge in [0.2, 0.25) is 17.7 Å². The number of rotatable bonds is 15. The lowest BCUT2D eigenvalue weighted by molar-refractivity contribution is -0.142. The number of aliphatic hydroxyl groups excluding tert-OH is 1. The van der Waals surface area contributed by atoms with Gasteiger partial charge in [-0.1, -0.05) is 48.5 Å². The first-order valence-electron chi connectivity index (χ1n) is 12.8. The van der Waals surface area contributed by atoms with Crippen molar-refractivity contribution in [3.8, 4) is 0 Å². The van der Waals surface area contributed by atoms with Gasteiger partial charge in [-0.2, -0.15) is 11.8 Å². The smallest absolute Gasteiger partial charge is 0.326 e. The van der Waals surface area contributed by atoms with Crippen molar-refractivity contribution >= 4 is 46.4 Å². The molecule has 0 radical (unpaired) electrons. The number of amides is 3. The molecule has 11 nitrogen and oxygen atoms in total. The van der Waals surface area contributed by atoms with Crippen LogP contribution in [0.25, 0.3) is 10.9 Å². The van der Waals surface area contributed by atoms with Crippen LogP contribution in [0.2, 0.25) is 0 Å². The summed E-state index contributed by atoms with van der Waals surface area (Å²) in [5.41, 5.74) is 8.46. The SMILES string of the molecule is CSCCC(NC(=O)C(N)Cc1ccccc1)C(=O)NC(CO)C(=O)NC(Cc1c[nH]c2ccccc12)C(=O)O. The summed E-state index contributed by atoms with van der Waals surface area (Å²) in [6.07, 6.45) is 4.05. The van der Waals surface area contributed by atoms with Gasteiger partial charge < -0.3 is 36.9 Å². The van der Waals surface area contributed by atoms with Crippen molar-refractivity contribution < 1.29 is 29.4 Å². The lowest BCUT2D eigenvalue weighted by atomic mass is 10.0. The minimum Gasteiger partial charge on any atom is -0.480 e. The number of hydrogen-bond donors (Lipinski definition) is 7. The minimum absolute atomic E-state index is 0.0110. The van der Waals surface area contributed by atoms with E-state index in [1.54, 1.807) is 6.20 Å². The summed E-state index contributed by atoms with van der Waals surface area (Å²) in [5, 5.41) is 27.9. The third-order valence-electron chi connectivity index (χ3n) is 6.41. The van der Waals surface area contributed by atoms with E-state index in [-0.39, 0.29) is 19.3 Å². The summed E-state index contributed by atoms with van der Waals surface area (Å²) in [4.78, 5) is 53.8. The number of fused-ring (bicyclic) bond motifs is 1. The van der Waals surface area contributed by atoms with Crippen LogP contribution >= 0.6 is 11.8 Å². The van der Waals surface area contributed by atoms with Gasteiger partial charge in [-0.15, -0.1) is 0 Å². The first kappa shape index (κ1) is 30.7. The Morgan fingerprint density at radius 3 is 2.17 bits per heavy atom. The highest BCUT2D eigenvalue weighted by Crippen LogP contribution is 2.19. The molecule has 0 bridgehead atoms. The second-order valence-electron chi connectivity index (χ2n) is 9.35. The molecule has 0 aliphatic heterocycles. The quantitative estimate of drug-likeness (QED) is 0.138. The molecule has 3 amide bonds. The third kappa shape index (κ3) is 8.57. The molecule has 0 aliphatic carbocycles. The average Bonchev–Trinajstić information content (AvgIpc) is 3.36. The molecule has 0 spiro atoms. The molecule has 12 heteroatoms. The molecule has 3 rings (SSSR count). The lowest BCUT2D eigenvalue weighted by Gasteiger charge is -2.24. The van der Waals surface area contributed by atoms with Gasteiger partial charge in [0.15, 0.2) is 0 Å². The summed E-state index contributed by atoms with van der Waals surface area (Å²) in [7, 11) is 0. The van der Waals surface area contributed by atoms with Gasteiger partial charge >= 0.3 is 5.97 Å². The largest absolute Gasteiger partial charge is 0.480 e. The zero-order valence-corrected chi connectivity index (χ0v) is 22.9. The number of benzene rings is 2. The Morgan fingerprint density at radius 2 is 1.50 bits per heavy atom. The van der Waals surface area contributed by atoms with E-state index in [0.717, 1.165) is 16.5 Å². The van der Waals surface area contributed by atoms with E-state index in [9.17, 15) is 29.4 Å². The lowest BCUT2D eigenvalue weighted by Crippen LogP contribution is -2.58. The zero-order chi connectivity index (χ0) is 29.1. The summed E-state index contributed by atoms with van der Waals surface area (Å²) in [6.45, 7) is -0.770. The van der Waals surface area contributed by atoms with Crippen molar-refractivity contribution in [3.05, 3.63) is 71.9 Å². The Labute approximate surface area is 236 Å². The van der Waals surface area contributed by atoms with Crippen molar-refractivity contribution in [1.29, 1.82) is 0 Å². The number of aromatic nitrogens is 1. The number of para-hydroxylation sites is 1. The molecule has 0 aliphatic rings. The Balaban J connectivity index is 1.63. The average molecular weight is 570 g/mol. The van der Waals surface area contributed by atoms with Crippen LogP contribution < -0.4 is 21.7 Å². The van der Waals surface area contributed by atoms with Gasteiger partial charge in [0.1, 0.15) is 18.1 Å². The standard InChI is InChI=1S/C28H35N5O6S/c1-40-12-11-22(31-25(35)20(29)13-17-7-3-2-4-8-17)26(36)33-24(16-34)27(37)32-23(28(38)39)14-18-15-30-21-10-6-5-9-19(18)21/h2-10,15,20,22-24,30,34H,11-14,16,29H2,1H3,(H,31,35)(H,32,37)(H,33,36)(H,38,39). The van der Waals surface area contributed by atoms with E-state index in [4.69, 9.17) is 5.73 Å². The number of nitrogens with one attached hydrogen (secondary N) is 4. The second-order valence-corrected chi connectivity index (χ2v) is 10.3. The normalized spacial score (nSPS) is 14.1. The van der Waals surface area contributed by atoms with Crippen molar-refractivity contribution in [2.75, 3.05) is 18.6 Å². The number of carbonyl (C=O) groups excluding carboxylic acids is 3. The van der Waals surface area contributed by atoms with Crippen LogP contribution in [0.4, 0.5) is 0 Å². The summed E-state index contributed by atoms with van der Waals surface area (Å²) in [6, 6.07) is 11.9. The van der Waals surface area contributed by atoms with Crippen LogP contribution in [0.1, 0.15) is 17.5 Å². The molecule has 40 heavy (non-hydrogen) atoms. The minimum atomic E-state index is -1.43. The van der Waals surface area contributed by atoms with Crippen LogP contribution in [0.15, 0.2) is 60.8 Å². The number of hydrogen-bond acceptors (Lipinski definition) is 7. The molecule has 0 saturated heterocycles. The maximum Gasteiger partial charge on any atom is 0.326 e. The fourth-order valence-electron chi connectivity index (χ4n) is 4.20. The molecule has 2 aromatic carbocycles. The highest BCUT2D eigenvalue weighted by molar-refractivity contribution is 7.98. The molecular formula is C28H35N5O6S. The molecular weight excluding hydrogens is 534 g/mol. The number of carbonyl (C=O) groups is 4. The number of H-pyrrole nitrogens is 1. The fourth-order valence-corrected chi connectivity index (χ4v) is 4.67.